The van der Waals surface area contributed by atoms with Crippen molar-refractivity contribution < 1.29 is 14.3 Å². The highest BCUT2D eigenvalue weighted by Gasteiger charge is 2.57. The molecule has 0 aromatic heterocycles. The van der Waals surface area contributed by atoms with Crippen molar-refractivity contribution in [3.63, 3.8) is 0 Å². The molecule has 0 aliphatic carbocycles. The SMILES string of the molecule is CC=COc1c(C2(c3ccc(C)c(-c4ccccc4)c3OC=CC)C(=O)N(c3ccccc3)c3ccccc32)ccc(C)c1-c1ccccc1. The summed E-state index contributed by atoms with van der Waals surface area (Å²) in [5.74, 6) is 1.11. The summed E-state index contributed by atoms with van der Waals surface area (Å²) in [6.07, 6.45) is 7.13. The number of rotatable bonds is 9. The predicted molar refractivity (Wildman–Crippen MR) is 204 cm³/mol. The Morgan fingerprint density at radius 1 is 0.520 bits per heavy atom. The molecule has 0 atom stereocenters. The zero-order valence-corrected chi connectivity index (χ0v) is 28.8. The van der Waals surface area contributed by atoms with Crippen LogP contribution in [-0.4, -0.2) is 5.91 Å². The summed E-state index contributed by atoms with van der Waals surface area (Å²) in [5.41, 5.74) is 8.42. The average molecular weight is 654 g/mol. The Morgan fingerprint density at radius 2 is 0.960 bits per heavy atom. The van der Waals surface area contributed by atoms with Gasteiger partial charge in [-0.15, -0.1) is 0 Å². The lowest BCUT2D eigenvalue weighted by molar-refractivity contribution is -0.120. The van der Waals surface area contributed by atoms with E-state index in [0.717, 1.165) is 61.4 Å². The van der Waals surface area contributed by atoms with Crippen LogP contribution in [0, 0.1) is 13.8 Å². The minimum atomic E-state index is -1.38. The molecule has 0 radical (unpaired) electrons. The Labute approximate surface area is 294 Å². The molecular formula is C46H39NO3. The molecule has 1 aliphatic heterocycles. The standard InChI is InChI=1S/C46H39NO3/c1-5-30-49-43-38(28-26-32(3)41(43)34-18-10-7-11-19-34)46(37-24-16-17-25-40(37)47(45(46)48)36-22-14-9-15-23-36)39-29-27-33(4)42(44(39)50-31-6-2)35-20-12-8-13-21-35/h5-31H,1-4H3. The smallest absolute Gasteiger partial charge is 0.251 e. The first-order valence-electron chi connectivity index (χ1n) is 17.0. The van der Waals surface area contributed by atoms with Crippen LogP contribution < -0.4 is 14.4 Å². The molecule has 7 rings (SSSR count). The normalized spacial score (nSPS) is 15.5. The second-order valence-electron chi connectivity index (χ2n) is 12.4. The second-order valence-corrected chi connectivity index (χ2v) is 12.4. The van der Waals surface area contributed by atoms with E-state index in [1.807, 2.05) is 116 Å². The van der Waals surface area contributed by atoms with Gasteiger partial charge in [-0.25, -0.2) is 0 Å². The van der Waals surface area contributed by atoms with Crippen molar-refractivity contribution in [2.45, 2.75) is 33.1 Å². The number of allylic oxidation sites excluding steroid dienone is 2. The fraction of sp³-hybridized carbons (Fsp3) is 0.109. The summed E-state index contributed by atoms with van der Waals surface area (Å²) in [7, 11) is 0. The first-order valence-corrected chi connectivity index (χ1v) is 17.0. The molecule has 0 fully saturated rings. The Kier molecular flexibility index (Phi) is 8.93. The van der Waals surface area contributed by atoms with Crippen molar-refractivity contribution in [1.29, 1.82) is 0 Å². The van der Waals surface area contributed by atoms with Crippen LogP contribution in [0.5, 0.6) is 11.5 Å². The minimum absolute atomic E-state index is 0.119. The molecule has 4 heteroatoms. The van der Waals surface area contributed by atoms with Gasteiger partial charge >= 0.3 is 0 Å². The fourth-order valence-corrected chi connectivity index (χ4v) is 7.27. The molecule has 6 aromatic carbocycles. The molecule has 0 saturated carbocycles. The number of carbonyl (C=O) groups is 1. The number of carbonyl (C=O) groups excluding carboxylic acids is 1. The molecule has 0 spiro atoms. The maximum Gasteiger partial charge on any atom is 0.251 e. The zero-order valence-electron chi connectivity index (χ0n) is 28.8. The summed E-state index contributed by atoms with van der Waals surface area (Å²) in [5, 5.41) is 0. The van der Waals surface area contributed by atoms with E-state index in [4.69, 9.17) is 9.47 Å². The van der Waals surface area contributed by atoms with Gasteiger partial charge in [0.2, 0.25) is 0 Å². The van der Waals surface area contributed by atoms with Crippen molar-refractivity contribution >= 4 is 17.3 Å². The number of para-hydroxylation sites is 2. The highest BCUT2D eigenvalue weighted by atomic mass is 16.5. The average Bonchev–Trinajstić information content (AvgIpc) is 3.42. The van der Waals surface area contributed by atoms with Gasteiger partial charge in [0.05, 0.1) is 18.2 Å². The topological polar surface area (TPSA) is 38.8 Å². The molecule has 0 bridgehead atoms. The van der Waals surface area contributed by atoms with Crippen LogP contribution in [0.15, 0.2) is 164 Å². The number of amides is 1. The number of anilines is 2. The van der Waals surface area contributed by atoms with Gasteiger partial charge in [0.15, 0.2) is 0 Å². The van der Waals surface area contributed by atoms with E-state index >= 15 is 4.79 Å². The summed E-state index contributed by atoms with van der Waals surface area (Å²) in [4.78, 5) is 17.8. The third-order valence-corrected chi connectivity index (χ3v) is 9.40. The lowest BCUT2D eigenvalue weighted by Crippen LogP contribution is -2.41. The van der Waals surface area contributed by atoms with Crippen molar-refractivity contribution in [3.8, 4) is 33.8 Å². The van der Waals surface area contributed by atoms with Gasteiger partial charge in [-0.1, -0.05) is 133 Å². The van der Waals surface area contributed by atoms with Gasteiger partial charge in [-0.3, -0.25) is 9.69 Å². The van der Waals surface area contributed by atoms with Crippen LogP contribution in [0.2, 0.25) is 0 Å². The van der Waals surface area contributed by atoms with E-state index < -0.39 is 5.41 Å². The van der Waals surface area contributed by atoms with Crippen LogP contribution in [0.4, 0.5) is 11.4 Å². The fourth-order valence-electron chi connectivity index (χ4n) is 7.27. The van der Waals surface area contributed by atoms with E-state index in [9.17, 15) is 0 Å². The highest BCUT2D eigenvalue weighted by molar-refractivity contribution is 6.18. The monoisotopic (exact) mass is 653 g/mol. The first kappa shape index (κ1) is 32.4. The van der Waals surface area contributed by atoms with Gasteiger partial charge in [-0.2, -0.15) is 0 Å². The second kappa shape index (κ2) is 13.8. The lowest BCUT2D eigenvalue weighted by Gasteiger charge is -2.34. The van der Waals surface area contributed by atoms with Crippen molar-refractivity contribution in [2.75, 3.05) is 4.90 Å². The number of hydrogen-bond acceptors (Lipinski definition) is 3. The van der Waals surface area contributed by atoms with Crippen molar-refractivity contribution in [3.05, 3.63) is 192 Å². The number of aryl methyl sites for hydroxylation is 2. The van der Waals surface area contributed by atoms with E-state index in [0.29, 0.717) is 11.5 Å². The van der Waals surface area contributed by atoms with Crippen LogP contribution >= 0.6 is 0 Å². The van der Waals surface area contributed by atoms with Crippen LogP contribution in [0.1, 0.15) is 41.7 Å². The van der Waals surface area contributed by atoms with Crippen LogP contribution in [0.3, 0.4) is 0 Å². The molecule has 0 saturated heterocycles. The molecule has 246 valence electrons. The molecule has 50 heavy (non-hydrogen) atoms. The first-order chi connectivity index (χ1) is 24.5. The van der Waals surface area contributed by atoms with E-state index in [1.165, 1.54) is 0 Å². The number of benzene rings is 6. The Morgan fingerprint density at radius 3 is 1.44 bits per heavy atom. The lowest BCUT2D eigenvalue weighted by atomic mass is 9.67. The third-order valence-electron chi connectivity index (χ3n) is 9.40. The predicted octanol–water partition coefficient (Wildman–Crippen LogP) is 11.5. The largest absolute Gasteiger partial charge is 0.464 e. The highest BCUT2D eigenvalue weighted by Crippen LogP contribution is 2.59. The van der Waals surface area contributed by atoms with Gasteiger partial charge in [0.25, 0.3) is 5.91 Å². The van der Waals surface area contributed by atoms with E-state index in [1.54, 1.807) is 12.5 Å². The summed E-state index contributed by atoms with van der Waals surface area (Å²) >= 11 is 0. The van der Waals surface area contributed by atoms with Crippen molar-refractivity contribution in [1.82, 2.24) is 0 Å². The minimum Gasteiger partial charge on any atom is -0.464 e. The molecule has 4 nitrogen and oxygen atoms in total. The number of ether oxygens (including phenoxy) is 2. The Balaban J connectivity index is 1.68. The number of nitrogens with zero attached hydrogens (tertiary/aromatic N) is 1. The Hall–Kier alpha value is -6.13. The molecular weight excluding hydrogens is 615 g/mol. The summed E-state index contributed by atoms with van der Waals surface area (Å²) in [6, 6.07) is 46.7. The van der Waals surface area contributed by atoms with Gasteiger partial charge in [0, 0.05) is 33.5 Å². The number of hydrogen-bond donors (Lipinski definition) is 0. The van der Waals surface area contributed by atoms with Gasteiger partial charge in [-0.05, 0) is 68.1 Å². The van der Waals surface area contributed by atoms with Gasteiger partial charge < -0.3 is 9.47 Å². The molecule has 1 heterocycles. The van der Waals surface area contributed by atoms with Crippen LogP contribution in [0.25, 0.3) is 22.3 Å². The quantitative estimate of drug-likeness (QED) is 0.146. The molecule has 6 aromatic rings. The van der Waals surface area contributed by atoms with Gasteiger partial charge in [0.1, 0.15) is 16.9 Å². The summed E-state index contributed by atoms with van der Waals surface area (Å²) < 4.78 is 13.3. The molecule has 0 N–H and O–H groups in total. The zero-order chi connectivity index (χ0) is 34.7. The van der Waals surface area contributed by atoms with Crippen molar-refractivity contribution in [2.24, 2.45) is 0 Å². The number of fused-ring (bicyclic) bond motifs is 1. The summed E-state index contributed by atoms with van der Waals surface area (Å²) in [6.45, 7) is 8.02. The third kappa shape index (κ3) is 5.30. The molecule has 1 amide bonds. The maximum atomic E-state index is 16.0. The molecule has 0 unspecified atom stereocenters. The molecule has 1 aliphatic rings. The van der Waals surface area contributed by atoms with Crippen LogP contribution in [-0.2, 0) is 10.2 Å². The van der Waals surface area contributed by atoms with E-state index in [2.05, 4.69) is 68.4 Å². The Bertz CT molecular complexity index is 2110. The maximum absolute atomic E-state index is 16.0. The van der Waals surface area contributed by atoms with E-state index in [-0.39, 0.29) is 5.91 Å².